The second-order valence-corrected chi connectivity index (χ2v) is 5.01. The number of carbonyl (C=O) groups is 1. The Morgan fingerprint density at radius 3 is 2.60 bits per heavy atom. The van der Waals surface area contributed by atoms with Crippen molar-refractivity contribution in [1.82, 2.24) is 0 Å². The molecular weight excluding hydrogens is 299 g/mol. The van der Waals surface area contributed by atoms with Crippen LogP contribution in [0.1, 0.15) is 23.7 Å². The summed E-state index contributed by atoms with van der Waals surface area (Å²) in [6, 6.07) is 7.25. The number of benzene rings is 1. The molecule has 1 aromatic carbocycles. The summed E-state index contributed by atoms with van der Waals surface area (Å²) in [5, 5.41) is 0.110. The topological polar surface area (TPSA) is 17.1 Å². The summed E-state index contributed by atoms with van der Waals surface area (Å²) in [4.78, 5) is 11.4. The zero-order chi connectivity index (χ0) is 11.4. The van der Waals surface area contributed by atoms with Crippen molar-refractivity contribution in [2.24, 2.45) is 0 Å². The van der Waals surface area contributed by atoms with Crippen LogP contribution in [-0.4, -0.2) is 11.2 Å². The molecule has 2 unspecified atom stereocenters. The van der Waals surface area contributed by atoms with Crippen LogP contribution in [0, 0.1) is 0 Å². The molecule has 0 radical (unpaired) electrons. The Bertz CT molecular complexity index is 354. The molecule has 1 rings (SSSR count). The van der Waals surface area contributed by atoms with Crippen molar-refractivity contribution < 1.29 is 4.79 Å². The Labute approximate surface area is 108 Å². The number of rotatable bonds is 4. The highest BCUT2D eigenvalue weighted by Gasteiger charge is 2.24. The molecule has 1 aromatic rings. The first-order chi connectivity index (χ1) is 7.07. The van der Waals surface area contributed by atoms with Crippen LogP contribution < -0.4 is 0 Å². The molecule has 0 saturated heterocycles. The van der Waals surface area contributed by atoms with Crippen LogP contribution in [0.4, 0.5) is 0 Å². The van der Waals surface area contributed by atoms with Crippen molar-refractivity contribution in [1.29, 1.82) is 0 Å². The molecule has 2 atom stereocenters. The van der Waals surface area contributed by atoms with E-state index in [0.717, 1.165) is 5.56 Å². The minimum atomic E-state index is -0.467. The van der Waals surface area contributed by atoms with Gasteiger partial charge in [-0.25, -0.2) is 0 Å². The molecule has 0 aliphatic carbocycles. The van der Waals surface area contributed by atoms with E-state index in [1.54, 1.807) is 6.07 Å². The average molecular weight is 310 g/mol. The lowest BCUT2D eigenvalue weighted by atomic mass is 10.1. The van der Waals surface area contributed by atoms with Crippen molar-refractivity contribution in [3.8, 4) is 0 Å². The Balaban J connectivity index is 2.90. The quantitative estimate of drug-likeness (QED) is 0.755. The predicted molar refractivity (Wildman–Crippen MR) is 68.1 cm³/mol. The molecule has 0 heterocycles. The number of hydrogen-bond acceptors (Lipinski definition) is 1. The molecule has 15 heavy (non-hydrogen) atoms. The molecular formula is C11H11BrCl2O. The molecule has 0 spiro atoms. The molecule has 0 fully saturated rings. The number of Topliss-reactive ketones (excluding diaryl/α,β-unsaturated/α-hetero) is 1. The summed E-state index contributed by atoms with van der Waals surface area (Å²) in [5.41, 5.74) is 0.767. The summed E-state index contributed by atoms with van der Waals surface area (Å²) in [7, 11) is 0. The highest BCUT2D eigenvalue weighted by atomic mass is 79.9. The van der Waals surface area contributed by atoms with Crippen molar-refractivity contribution in [2.45, 2.75) is 23.5 Å². The van der Waals surface area contributed by atoms with Gasteiger partial charge in [-0.2, -0.15) is 0 Å². The third-order valence-corrected chi connectivity index (χ3v) is 3.91. The van der Waals surface area contributed by atoms with E-state index in [0.29, 0.717) is 11.4 Å². The number of hydrogen-bond donors (Lipinski definition) is 0. The minimum Gasteiger partial charge on any atom is -0.296 e. The van der Waals surface area contributed by atoms with Crippen LogP contribution in [-0.2, 0) is 4.79 Å². The second kappa shape index (κ2) is 5.88. The minimum absolute atomic E-state index is 0.0488. The normalized spacial score (nSPS) is 14.7. The van der Waals surface area contributed by atoms with E-state index in [2.05, 4.69) is 15.9 Å². The van der Waals surface area contributed by atoms with Crippen molar-refractivity contribution in [2.75, 3.05) is 0 Å². The number of carbonyl (C=O) groups excluding carboxylic acids is 1. The van der Waals surface area contributed by atoms with Crippen LogP contribution in [0.5, 0.6) is 0 Å². The van der Waals surface area contributed by atoms with Gasteiger partial charge in [0, 0.05) is 5.02 Å². The summed E-state index contributed by atoms with van der Waals surface area (Å²) in [6.07, 6.45) is 0.618. The van der Waals surface area contributed by atoms with E-state index < -0.39 is 10.2 Å². The molecule has 0 saturated carbocycles. The molecule has 82 valence electrons. The van der Waals surface area contributed by atoms with Gasteiger partial charge in [0.25, 0.3) is 0 Å². The molecule has 0 N–H and O–H groups in total. The van der Waals surface area contributed by atoms with Gasteiger partial charge in [0.05, 0.1) is 5.38 Å². The number of halogens is 3. The standard InChI is InChI=1S/C11H11BrCl2O/c1-2-8(13)11(15)10(12)7-5-3-4-6-9(7)14/h3-6,8,10H,2H2,1H3. The Hall–Kier alpha value is -0.0500. The van der Waals surface area contributed by atoms with Gasteiger partial charge in [-0.05, 0) is 18.1 Å². The third-order valence-electron chi connectivity index (χ3n) is 2.10. The SMILES string of the molecule is CCC(Cl)C(=O)C(Br)c1ccccc1Cl. The molecule has 4 heteroatoms. The lowest BCUT2D eigenvalue weighted by Crippen LogP contribution is -2.18. The van der Waals surface area contributed by atoms with Crippen LogP contribution in [0.15, 0.2) is 24.3 Å². The van der Waals surface area contributed by atoms with Crippen molar-refractivity contribution in [3.63, 3.8) is 0 Å². The fourth-order valence-electron chi connectivity index (χ4n) is 1.19. The van der Waals surface area contributed by atoms with E-state index in [4.69, 9.17) is 23.2 Å². The first-order valence-corrected chi connectivity index (χ1v) is 6.37. The molecule has 0 aliphatic heterocycles. The predicted octanol–water partition coefficient (Wildman–Crippen LogP) is 4.36. The monoisotopic (exact) mass is 308 g/mol. The number of ketones is 1. The Morgan fingerprint density at radius 1 is 1.47 bits per heavy atom. The molecule has 0 bridgehead atoms. The van der Waals surface area contributed by atoms with Crippen molar-refractivity contribution >= 4 is 44.9 Å². The van der Waals surface area contributed by atoms with Gasteiger partial charge in [-0.15, -0.1) is 11.6 Å². The third kappa shape index (κ3) is 3.20. The zero-order valence-electron chi connectivity index (χ0n) is 8.21. The van der Waals surface area contributed by atoms with Gasteiger partial charge in [0.15, 0.2) is 5.78 Å². The van der Waals surface area contributed by atoms with Crippen LogP contribution in [0.25, 0.3) is 0 Å². The highest BCUT2D eigenvalue weighted by molar-refractivity contribution is 9.09. The Kier molecular flexibility index (Phi) is 5.10. The fourth-order valence-corrected chi connectivity index (χ4v) is 2.57. The molecule has 0 amide bonds. The Morgan fingerprint density at radius 2 is 2.07 bits per heavy atom. The first-order valence-electron chi connectivity index (χ1n) is 4.64. The largest absolute Gasteiger partial charge is 0.296 e. The smallest absolute Gasteiger partial charge is 0.168 e. The summed E-state index contributed by atoms with van der Waals surface area (Å²) in [5.74, 6) is -0.0488. The summed E-state index contributed by atoms with van der Waals surface area (Å²) in [6.45, 7) is 1.88. The van der Waals surface area contributed by atoms with E-state index in [1.165, 1.54) is 0 Å². The zero-order valence-corrected chi connectivity index (χ0v) is 11.3. The summed E-state index contributed by atoms with van der Waals surface area (Å²) >= 11 is 15.2. The van der Waals surface area contributed by atoms with Gasteiger partial charge in [-0.3, -0.25) is 4.79 Å². The first kappa shape index (κ1) is 13.0. The maximum Gasteiger partial charge on any atom is 0.168 e. The lowest BCUT2D eigenvalue weighted by molar-refractivity contribution is -0.118. The fraction of sp³-hybridized carbons (Fsp3) is 0.364. The van der Waals surface area contributed by atoms with Gasteiger partial charge in [0.1, 0.15) is 4.83 Å². The molecule has 0 aromatic heterocycles. The molecule has 1 nitrogen and oxygen atoms in total. The second-order valence-electron chi connectivity index (χ2n) is 3.16. The summed E-state index contributed by atoms with van der Waals surface area (Å²) < 4.78 is 0. The van der Waals surface area contributed by atoms with E-state index >= 15 is 0 Å². The maximum atomic E-state index is 11.8. The highest BCUT2D eigenvalue weighted by Crippen LogP contribution is 2.32. The van der Waals surface area contributed by atoms with E-state index in [9.17, 15) is 4.79 Å². The maximum absolute atomic E-state index is 11.8. The van der Waals surface area contributed by atoms with Crippen LogP contribution in [0.3, 0.4) is 0 Å². The van der Waals surface area contributed by atoms with E-state index in [1.807, 2.05) is 25.1 Å². The molecule has 0 aliphatic rings. The van der Waals surface area contributed by atoms with E-state index in [-0.39, 0.29) is 5.78 Å². The van der Waals surface area contributed by atoms with Crippen LogP contribution >= 0.6 is 39.1 Å². The lowest BCUT2D eigenvalue weighted by Gasteiger charge is -2.13. The average Bonchev–Trinajstić information content (AvgIpc) is 2.26. The van der Waals surface area contributed by atoms with Gasteiger partial charge < -0.3 is 0 Å². The van der Waals surface area contributed by atoms with Gasteiger partial charge >= 0.3 is 0 Å². The van der Waals surface area contributed by atoms with Crippen LogP contribution in [0.2, 0.25) is 5.02 Å². The van der Waals surface area contributed by atoms with Gasteiger partial charge in [0.2, 0.25) is 0 Å². The van der Waals surface area contributed by atoms with Gasteiger partial charge in [-0.1, -0.05) is 52.7 Å². The number of alkyl halides is 2. The van der Waals surface area contributed by atoms with Crippen molar-refractivity contribution in [3.05, 3.63) is 34.9 Å².